The fourth-order valence-electron chi connectivity index (χ4n) is 3.12. The molecule has 1 aliphatic rings. The first-order chi connectivity index (χ1) is 12.1. The molecule has 8 nitrogen and oxygen atoms in total. The average Bonchev–Trinajstić information content (AvgIpc) is 3.05. The van der Waals surface area contributed by atoms with Crippen LogP contribution in [0, 0.1) is 13.8 Å². The van der Waals surface area contributed by atoms with Crippen LogP contribution in [0.2, 0.25) is 0 Å². The van der Waals surface area contributed by atoms with Crippen molar-refractivity contribution in [3.63, 3.8) is 0 Å². The number of carbonyl (C=O) groups is 1. The van der Waals surface area contributed by atoms with Crippen molar-refractivity contribution in [2.45, 2.75) is 59.2 Å². The lowest BCUT2D eigenvalue weighted by Crippen LogP contribution is -2.44. The molecule has 0 saturated carbocycles. The maximum atomic E-state index is 11.9. The summed E-state index contributed by atoms with van der Waals surface area (Å²) in [5.74, 6) is 0.834. The summed E-state index contributed by atoms with van der Waals surface area (Å²) in [6.45, 7) is 11.9. The standard InChI is InChI=1S/C18H32N6O2.HI/c1-12-15(13(2)23(7)22-12)10-20-16(19-6)24-9-8-14(11-24)21-17(25)26-18(3,4)5;/h14H,8-11H2,1-7H3,(H,19,20)(H,21,25);1H. The van der Waals surface area contributed by atoms with Gasteiger partial charge in [-0.3, -0.25) is 9.67 Å². The molecule has 1 atom stereocenters. The van der Waals surface area contributed by atoms with Crippen molar-refractivity contribution < 1.29 is 9.53 Å². The van der Waals surface area contributed by atoms with E-state index in [0.29, 0.717) is 13.1 Å². The van der Waals surface area contributed by atoms with E-state index in [4.69, 9.17) is 4.74 Å². The molecule has 0 aliphatic carbocycles. The lowest BCUT2D eigenvalue weighted by atomic mass is 10.2. The third-order valence-electron chi connectivity index (χ3n) is 4.50. The Morgan fingerprint density at radius 1 is 1.37 bits per heavy atom. The minimum absolute atomic E-state index is 0. The Kier molecular flexibility index (Phi) is 8.37. The van der Waals surface area contributed by atoms with E-state index in [1.165, 1.54) is 5.56 Å². The Labute approximate surface area is 179 Å². The summed E-state index contributed by atoms with van der Waals surface area (Å²) in [6, 6.07) is 0.0604. The number of nitrogens with one attached hydrogen (secondary N) is 2. The molecule has 2 rings (SSSR count). The quantitative estimate of drug-likeness (QED) is 0.385. The van der Waals surface area contributed by atoms with Crippen molar-refractivity contribution >= 4 is 36.0 Å². The van der Waals surface area contributed by atoms with Crippen molar-refractivity contribution in [1.29, 1.82) is 0 Å². The van der Waals surface area contributed by atoms with Crippen molar-refractivity contribution in [2.75, 3.05) is 20.1 Å². The van der Waals surface area contributed by atoms with Gasteiger partial charge >= 0.3 is 6.09 Å². The van der Waals surface area contributed by atoms with Gasteiger partial charge in [-0.05, 0) is 41.0 Å². The molecule has 0 bridgehead atoms. The summed E-state index contributed by atoms with van der Waals surface area (Å²) in [5.41, 5.74) is 2.88. The molecular weight excluding hydrogens is 459 g/mol. The number of likely N-dealkylation sites (tertiary alicyclic amines) is 1. The number of hydrogen-bond acceptors (Lipinski definition) is 4. The van der Waals surface area contributed by atoms with Gasteiger partial charge in [0.25, 0.3) is 0 Å². The number of aryl methyl sites for hydroxylation is 2. The second-order valence-corrected chi connectivity index (χ2v) is 7.75. The second kappa shape index (κ2) is 9.61. The number of rotatable bonds is 3. The summed E-state index contributed by atoms with van der Waals surface area (Å²) < 4.78 is 7.23. The van der Waals surface area contributed by atoms with Gasteiger partial charge in [0.05, 0.1) is 11.7 Å². The van der Waals surface area contributed by atoms with Gasteiger partial charge in [0, 0.05) is 45.0 Å². The largest absolute Gasteiger partial charge is 0.444 e. The molecule has 9 heteroatoms. The molecule has 154 valence electrons. The third-order valence-corrected chi connectivity index (χ3v) is 4.50. The van der Waals surface area contributed by atoms with Crippen LogP contribution in [0.3, 0.4) is 0 Å². The molecule has 0 spiro atoms. The topological polar surface area (TPSA) is 83.8 Å². The molecule has 1 aromatic heterocycles. The van der Waals surface area contributed by atoms with Crippen LogP contribution in [0.4, 0.5) is 4.79 Å². The van der Waals surface area contributed by atoms with Gasteiger partial charge < -0.3 is 20.3 Å². The molecule has 0 radical (unpaired) electrons. The van der Waals surface area contributed by atoms with Crippen molar-refractivity contribution in [3.05, 3.63) is 17.0 Å². The smallest absolute Gasteiger partial charge is 0.407 e. The van der Waals surface area contributed by atoms with Crippen LogP contribution in [-0.4, -0.2) is 58.5 Å². The van der Waals surface area contributed by atoms with Crippen LogP contribution in [-0.2, 0) is 18.3 Å². The van der Waals surface area contributed by atoms with Crippen molar-refractivity contribution in [2.24, 2.45) is 12.0 Å². The molecular formula is C18H33IN6O2. The summed E-state index contributed by atoms with van der Waals surface area (Å²) in [7, 11) is 3.73. The number of aromatic nitrogens is 2. The number of alkyl carbamates (subject to hydrolysis) is 1. The highest BCUT2D eigenvalue weighted by Gasteiger charge is 2.28. The number of halogens is 1. The maximum absolute atomic E-state index is 11.9. The monoisotopic (exact) mass is 492 g/mol. The molecule has 1 aromatic rings. The zero-order valence-electron chi connectivity index (χ0n) is 17.4. The zero-order chi connectivity index (χ0) is 19.5. The molecule has 1 unspecified atom stereocenters. The van der Waals surface area contributed by atoms with Crippen LogP contribution < -0.4 is 10.6 Å². The fraction of sp³-hybridized carbons (Fsp3) is 0.722. The first-order valence-corrected chi connectivity index (χ1v) is 9.05. The minimum atomic E-state index is -0.487. The number of hydrogen-bond donors (Lipinski definition) is 2. The molecule has 1 aliphatic heterocycles. The lowest BCUT2D eigenvalue weighted by Gasteiger charge is -2.23. The molecule has 1 amide bonds. The number of amides is 1. The summed E-state index contributed by atoms with van der Waals surface area (Å²) >= 11 is 0. The van der Waals surface area contributed by atoms with Gasteiger partial charge in [0.1, 0.15) is 5.60 Å². The number of nitrogens with zero attached hydrogens (tertiary/aromatic N) is 4. The van der Waals surface area contributed by atoms with E-state index in [0.717, 1.165) is 30.3 Å². The van der Waals surface area contributed by atoms with Gasteiger partial charge in [0.15, 0.2) is 5.96 Å². The zero-order valence-corrected chi connectivity index (χ0v) is 19.7. The summed E-state index contributed by atoms with van der Waals surface area (Å²) in [6.07, 6.45) is 0.499. The highest BCUT2D eigenvalue weighted by Crippen LogP contribution is 2.14. The van der Waals surface area contributed by atoms with Crippen LogP contribution in [0.5, 0.6) is 0 Å². The average molecular weight is 492 g/mol. The third kappa shape index (κ3) is 6.54. The van der Waals surface area contributed by atoms with Crippen LogP contribution >= 0.6 is 24.0 Å². The Morgan fingerprint density at radius 3 is 2.56 bits per heavy atom. The predicted molar refractivity (Wildman–Crippen MR) is 118 cm³/mol. The highest BCUT2D eigenvalue weighted by atomic mass is 127. The predicted octanol–water partition coefficient (Wildman–Crippen LogP) is 2.33. The van der Waals surface area contributed by atoms with Crippen molar-refractivity contribution in [3.8, 4) is 0 Å². The van der Waals surface area contributed by atoms with E-state index < -0.39 is 5.60 Å². The summed E-state index contributed by atoms with van der Waals surface area (Å²) in [4.78, 5) is 18.5. The van der Waals surface area contributed by atoms with Gasteiger partial charge in [-0.15, -0.1) is 24.0 Å². The van der Waals surface area contributed by atoms with E-state index in [-0.39, 0.29) is 36.1 Å². The first kappa shape index (κ1) is 23.5. The van der Waals surface area contributed by atoms with E-state index in [2.05, 4.69) is 32.5 Å². The first-order valence-electron chi connectivity index (χ1n) is 9.05. The molecule has 1 fully saturated rings. The molecule has 27 heavy (non-hydrogen) atoms. The second-order valence-electron chi connectivity index (χ2n) is 7.75. The van der Waals surface area contributed by atoms with Gasteiger partial charge in [-0.2, -0.15) is 5.10 Å². The van der Waals surface area contributed by atoms with Gasteiger partial charge in [-0.25, -0.2) is 4.79 Å². The maximum Gasteiger partial charge on any atom is 0.407 e. The molecule has 2 N–H and O–H groups in total. The summed E-state index contributed by atoms with van der Waals surface area (Å²) in [5, 5.41) is 10.8. The van der Waals surface area contributed by atoms with E-state index >= 15 is 0 Å². The van der Waals surface area contributed by atoms with Crippen molar-refractivity contribution in [1.82, 2.24) is 25.3 Å². The lowest BCUT2D eigenvalue weighted by molar-refractivity contribution is 0.0507. The molecule has 0 aromatic carbocycles. The minimum Gasteiger partial charge on any atom is -0.444 e. The van der Waals surface area contributed by atoms with Crippen LogP contribution in [0.25, 0.3) is 0 Å². The number of carbonyl (C=O) groups excluding carboxylic acids is 1. The van der Waals surface area contributed by atoms with Gasteiger partial charge in [0.2, 0.25) is 0 Å². The molecule has 2 heterocycles. The fourth-order valence-corrected chi connectivity index (χ4v) is 3.12. The highest BCUT2D eigenvalue weighted by molar-refractivity contribution is 14.0. The van der Waals surface area contributed by atoms with Crippen LogP contribution in [0.15, 0.2) is 4.99 Å². The SMILES string of the molecule is CN=C(NCc1c(C)nn(C)c1C)N1CCC(NC(=O)OC(C)(C)C)C1.I. The van der Waals surface area contributed by atoms with Gasteiger partial charge in [-0.1, -0.05) is 0 Å². The van der Waals surface area contributed by atoms with E-state index in [1.54, 1.807) is 7.05 Å². The number of ether oxygens (including phenoxy) is 1. The Hall–Kier alpha value is -1.52. The molecule has 1 saturated heterocycles. The van der Waals surface area contributed by atoms with E-state index in [1.807, 2.05) is 39.4 Å². The Bertz CT molecular complexity index is 680. The number of guanidine groups is 1. The van der Waals surface area contributed by atoms with Crippen LogP contribution in [0.1, 0.15) is 44.1 Å². The Morgan fingerprint density at radius 2 is 2.04 bits per heavy atom. The van der Waals surface area contributed by atoms with E-state index in [9.17, 15) is 4.79 Å². The normalized spacial score (nSPS) is 17.5. The number of aliphatic imine (C=N–C) groups is 1. The Balaban J connectivity index is 0.00000364.